The quantitative estimate of drug-likeness (QED) is 0.767. The third-order valence-electron chi connectivity index (χ3n) is 2.78. The summed E-state index contributed by atoms with van der Waals surface area (Å²) in [6.07, 6.45) is -0.398. The average molecular weight is 208 g/mol. The SMILES string of the molecule is CC1OC(C)(C)C(O)(c2ccccc2)O1. The average Bonchev–Trinajstić information content (AvgIpc) is 2.38. The summed E-state index contributed by atoms with van der Waals surface area (Å²) >= 11 is 0. The Labute approximate surface area is 89.6 Å². The van der Waals surface area contributed by atoms with Gasteiger partial charge in [-0.15, -0.1) is 0 Å². The van der Waals surface area contributed by atoms with E-state index in [9.17, 15) is 5.11 Å². The van der Waals surface area contributed by atoms with Crippen LogP contribution in [-0.2, 0) is 15.3 Å². The molecule has 0 spiro atoms. The summed E-state index contributed by atoms with van der Waals surface area (Å²) in [6, 6.07) is 9.32. The van der Waals surface area contributed by atoms with Crippen LogP contribution >= 0.6 is 0 Å². The second kappa shape index (κ2) is 3.30. The first-order valence-electron chi connectivity index (χ1n) is 5.09. The van der Waals surface area contributed by atoms with Gasteiger partial charge in [0, 0.05) is 5.56 Å². The highest BCUT2D eigenvalue weighted by molar-refractivity contribution is 5.24. The Balaban J connectivity index is 2.43. The second-order valence-corrected chi connectivity index (χ2v) is 4.32. The molecule has 1 aliphatic heterocycles. The number of hydrogen-bond acceptors (Lipinski definition) is 3. The molecule has 15 heavy (non-hydrogen) atoms. The topological polar surface area (TPSA) is 38.7 Å². The van der Waals surface area contributed by atoms with Gasteiger partial charge in [0.2, 0.25) is 5.79 Å². The van der Waals surface area contributed by atoms with Crippen LogP contribution in [0, 0.1) is 0 Å². The Morgan fingerprint density at radius 3 is 2.20 bits per heavy atom. The van der Waals surface area contributed by atoms with E-state index in [1.807, 2.05) is 44.2 Å². The lowest BCUT2D eigenvalue weighted by atomic mass is 9.91. The van der Waals surface area contributed by atoms with E-state index >= 15 is 0 Å². The molecular formula is C12H16O3. The second-order valence-electron chi connectivity index (χ2n) is 4.32. The van der Waals surface area contributed by atoms with Crippen molar-refractivity contribution in [3.05, 3.63) is 35.9 Å². The van der Waals surface area contributed by atoms with Crippen LogP contribution in [0.4, 0.5) is 0 Å². The lowest BCUT2D eigenvalue weighted by Gasteiger charge is -2.32. The normalized spacial score (nSPS) is 34.3. The van der Waals surface area contributed by atoms with Crippen molar-refractivity contribution in [2.75, 3.05) is 0 Å². The van der Waals surface area contributed by atoms with Gasteiger partial charge >= 0.3 is 0 Å². The Morgan fingerprint density at radius 2 is 1.73 bits per heavy atom. The number of benzene rings is 1. The summed E-state index contributed by atoms with van der Waals surface area (Å²) in [7, 11) is 0. The fourth-order valence-electron chi connectivity index (χ4n) is 1.98. The fraction of sp³-hybridized carbons (Fsp3) is 0.500. The Kier molecular flexibility index (Phi) is 2.34. The molecule has 1 N–H and O–H groups in total. The molecule has 1 aromatic rings. The molecule has 0 saturated carbocycles. The summed E-state index contributed by atoms with van der Waals surface area (Å²) in [6.45, 7) is 5.43. The van der Waals surface area contributed by atoms with E-state index in [1.54, 1.807) is 6.92 Å². The van der Waals surface area contributed by atoms with Crippen LogP contribution in [0.5, 0.6) is 0 Å². The van der Waals surface area contributed by atoms with Crippen molar-refractivity contribution in [2.45, 2.75) is 38.4 Å². The van der Waals surface area contributed by atoms with E-state index in [0.29, 0.717) is 0 Å². The number of hydrogen-bond donors (Lipinski definition) is 1. The van der Waals surface area contributed by atoms with Gasteiger partial charge in [-0.25, -0.2) is 0 Å². The van der Waals surface area contributed by atoms with Crippen molar-refractivity contribution in [3.8, 4) is 0 Å². The smallest absolute Gasteiger partial charge is 0.224 e. The molecule has 1 fully saturated rings. The van der Waals surface area contributed by atoms with Crippen molar-refractivity contribution >= 4 is 0 Å². The molecule has 1 saturated heterocycles. The van der Waals surface area contributed by atoms with Gasteiger partial charge in [0.25, 0.3) is 0 Å². The Bertz CT molecular complexity index is 347. The minimum atomic E-state index is -1.37. The summed E-state index contributed by atoms with van der Waals surface area (Å²) in [5.74, 6) is -1.37. The van der Waals surface area contributed by atoms with Crippen LogP contribution < -0.4 is 0 Å². The predicted octanol–water partition coefficient (Wildman–Crippen LogP) is 2.00. The number of aliphatic hydroxyl groups is 1. The van der Waals surface area contributed by atoms with Gasteiger partial charge in [-0.3, -0.25) is 0 Å². The zero-order chi connectivity index (χ0) is 11.1. The lowest BCUT2D eigenvalue weighted by molar-refractivity contribution is -0.220. The van der Waals surface area contributed by atoms with Gasteiger partial charge in [-0.05, 0) is 20.8 Å². The molecule has 2 rings (SSSR count). The third-order valence-corrected chi connectivity index (χ3v) is 2.78. The van der Waals surface area contributed by atoms with Crippen LogP contribution in [0.1, 0.15) is 26.3 Å². The highest BCUT2D eigenvalue weighted by Crippen LogP contribution is 2.43. The standard InChI is InChI=1S/C12H16O3/c1-9-14-11(2,3)12(13,15-9)10-7-5-4-6-8-10/h4-9,13H,1-3H3. The molecule has 0 aromatic heterocycles. The zero-order valence-corrected chi connectivity index (χ0v) is 9.23. The maximum Gasteiger partial charge on any atom is 0.224 e. The highest BCUT2D eigenvalue weighted by atomic mass is 16.8. The zero-order valence-electron chi connectivity index (χ0n) is 9.23. The van der Waals surface area contributed by atoms with Gasteiger partial charge in [0.1, 0.15) is 5.60 Å². The molecular weight excluding hydrogens is 192 g/mol. The summed E-state index contributed by atoms with van der Waals surface area (Å²) in [5.41, 5.74) is -0.0207. The van der Waals surface area contributed by atoms with E-state index in [1.165, 1.54) is 0 Å². The summed E-state index contributed by atoms with van der Waals surface area (Å²) in [5, 5.41) is 10.5. The molecule has 1 heterocycles. The van der Waals surface area contributed by atoms with E-state index in [-0.39, 0.29) is 0 Å². The minimum absolute atomic E-state index is 0.398. The van der Waals surface area contributed by atoms with Crippen LogP contribution in [-0.4, -0.2) is 17.0 Å². The van der Waals surface area contributed by atoms with E-state index in [4.69, 9.17) is 9.47 Å². The van der Waals surface area contributed by atoms with Crippen molar-refractivity contribution in [1.29, 1.82) is 0 Å². The first-order chi connectivity index (χ1) is 6.96. The summed E-state index contributed by atoms with van der Waals surface area (Å²) in [4.78, 5) is 0. The fourth-order valence-corrected chi connectivity index (χ4v) is 1.98. The van der Waals surface area contributed by atoms with Crippen LogP contribution in [0.3, 0.4) is 0 Å². The van der Waals surface area contributed by atoms with Crippen LogP contribution in [0.25, 0.3) is 0 Å². The lowest BCUT2D eigenvalue weighted by Crippen LogP contribution is -2.44. The van der Waals surface area contributed by atoms with E-state index in [2.05, 4.69) is 0 Å². The number of ether oxygens (including phenoxy) is 2. The first kappa shape index (κ1) is 10.6. The molecule has 1 aliphatic rings. The molecule has 3 nitrogen and oxygen atoms in total. The molecule has 0 radical (unpaired) electrons. The molecule has 2 unspecified atom stereocenters. The monoisotopic (exact) mass is 208 g/mol. The highest BCUT2D eigenvalue weighted by Gasteiger charge is 2.54. The van der Waals surface area contributed by atoms with Gasteiger partial charge in [-0.1, -0.05) is 30.3 Å². The molecule has 3 heteroatoms. The minimum Gasteiger partial charge on any atom is -0.360 e. The molecule has 0 amide bonds. The molecule has 1 aromatic carbocycles. The molecule has 82 valence electrons. The van der Waals surface area contributed by atoms with Crippen molar-refractivity contribution in [2.24, 2.45) is 0 Å². The van der Waals surface area contributed by atoms with Crippen molar-refractivity contribution in [1.82, 2.24) is 0 Å². The van der Waals surface area contributed by atoms with Crippen molar-refractivity contribution in [3.63, 3.8) is 0 Å². The maximum absolute atomic E-state index is 10.5. The van der Waals surface area contributed by atoms with E-state index < -0.39 is 17.7 Å². The summed E-state index contributed by atoms with van der Waals surface area (Å²) < 4.78 is 11.0. The van der Waals surface area contributed by atoms with Gasteiger partial charge in [0.15, 0.2) is 6.29 Å². The van der Waals surface area contributed by atoms with Gasteiger partial charge < -0.3 is 14.6 Å². The Morgan fingerprint density at radius 1 is 1.13 bits per heavy atom. The maximum atomic E-state index is 10.5. The van der Waals surface area contributed by atoms with Crippen LogP contribution in [0.2, 0.25) is 0 Å². The number of rotatable bonds is 1. The van der Waals surface area contributed by atoms with Gasteiger partial charge in [0.05, 0.1) is 0 Å². The molecule has 2 atom stereocenters. The van der Waals surface area contributed by atoms with Crippen LogP contribution in [0.15, 0.2) is 30.3 Å². The largest absolute Gasteiger partial charge is 0.360 e. The van der Waals surface area contributed by atoms with Crippen molar-refractivity contribution < 1.29 is 14.6 Å². The van der Waals surface area contributed by atoms with Gasteiger partial charge in [-0.2, -0.15) is 0 Å². The molecule has 0 bridgehead atoms. The Hall–Kier alpha value is -0.900. The molecule has 0 aliphatic carbocycles. The van der Waals surface area contributed by atoms with E-state index in [0.717, 1.165) is 5.56 Å². The first-order valence-corrected chi connectivity index (χ1v) is 5.09. The third kappa shape index (κ3) is 1.57. The predicted molar refractivity (Wildman–Crippen MR) is 56.0 cm³/mol.